The van der Waals surface area contributed by atoms with Crippen LogP contribution in [0.3, 0.4) is 0 Å². The summed E-state index contributed by atoms with van der Waals surface area (Å²) in [5.74, 6) is 0.898. The fourth-order valence-electron chi connectivity index (χ4n) is 3.25. The van der Waals surface area contributed by atoms with Crippen LogP contribution in [0.5, 0.6) is 0 Å². The molecule has 0 radical (unpaired) electrons. The van der Waals surface area contributed by atoms with Crippen LogP contribution in [0.2, 0.25) is 0 Å². The predicted molar refractivity (Wildman–Crippen MR) is 88.4 cm³/mol. The van der Waals surface area contributed by atoms with Crippen molar-refractivity contribution in [1.82, 2.24) is 0 Å². The first-order valence-corrected chi connectivity index (χ1v) is 9.95. The molecule has 0 amide bonds. The van der Waals surface area contributed by atoms with E-state index in [0.717, 1.165) is 11.6 Å². The summed E-state index contributed by atoms with van der Waals surface area (Å²) in [5, 5.41) is 3.57. The highest BCUT2D eigenvalue weighted by molar-refractivity contribution is 7.90. The Hall–Kier alpha value is -1.03. The molecule has 118 valence electrons. The smallest absolute Gasteiger partial charge is 0.175 e. The molecular formula is C17H27NO2S. The van der Waals surface area contributed by atoms with Gasteiger partial charge in [-0.15, -0.1) is 0 Å². The zero-order valence-corrected chi connectivity index (χ0v) is 14.0. The number of nitrogens with one attached hydrogen (secondary N) is 1. The van der Waals surface area contributed by atoms with Crippen LogP contribution in [0.15, 0.2) is 29.2 Å². The standard InChI is InChI=1S/C17H27NO2S/c1-3-5-14-6-4-7-15(9-8-14)18-16-10-12-17(13-11-16)21(2,19)20/h10-15,18H,3-9H2,1-2H3. The van der Waals surface area contributed by atoms with Gasteiger partial charge in [0, 0.05) is 18.0 Å². The maximum absolute atomic E-state index is 11.5. The first-order chi connectivity index (χ1) is 9.99. The van der Waals surface area contributed by atoms with E-state index in [2.05, 4.69) is 12.2 Å². The molecule has 21 heavy (non-hydrogen) atoms. The van der Waals surface area contributed by atoms with Crippen molar-refractivity contribution in [3.63, 3.8) is 0 Å². The molecule has 1 aliphatic rings. The van der Waals surface area contributed by atoms with Gasteiger partial charge in [0.2, 0.25) is 0 Å². The quantitative estimate of drug-likeness (QED) is 0.827. The lowest BCUT2D eigenvalue weighted by molar-refractivity contribution is 0.422. The third kappa shape index (κ3) is 5.03. The van der Waals surface area contributed by atoms with Gasteiger partial charge in [-0.05, 0) is 49.4 Å². The van der Waals surface area contributed by atoms with Gasteiger partial charge >= 0.3 is 0 Å². The monoisotopic (exact) mass is 309 g/mol. The minimum Gasteiger partial charge on any atom is -0.382 e. The van der Waals surface area contributed by atoms with E-state index in [9.17, 15) is 8.42 Å². The first kappa shape index (κ1) is 16.3. The third-order valence-electron chi connectivity index (χ3n) is 4.44. The molecule has 2 rings (SSSR count). The highest BCUT2D eigenvalue weighted by Crippen LogP contribution is 2.28. The van der Waals surface area contributed by atoms with Gasteiger partial charge < -0.3 is 5.32 Å². The topological polar surface area (TPSA) is 46.2 Å². The average molecular weight is 309 g/mol. The van der Waals surface area contributed by atoms with Crippen LogP contribution in [-0.2, 0) is 9.84 Å². The molecule has 4 heteroatoms. The molecule has 1 aromatic rings. The molecule has 1 N–H and O–H groups in total. The Kier molecular flexibility index (Phi) is 5.68. The van der Waals surface area contributed by atoms with Crippen molar-refractivity contribution in [2.75, 3.05) is 11.6 Å². The van der Waals surface area contributed by atoms with Crippen LogP contribution >= 0.6 is 0 Å². The molecular weight excluding hydrogens is 282 g/mol. The highest BCUT2D eigenvalue weighted by atomic mass is 32.2. The lowest BCUT2D eigenvalue weighted by Gasteiger charge is -2.18. The molecule has 1 aromatic carbocycles. The van der Waals surface area contributed by atoms with Gasteiger partial charge in [0.05, 0.1) is 4.90 Å². The SMILES string of the molecule is CCCC1CCCC(Nc2ccc(S(C)(=O)=O)cc2)CC1. The van der Waals surface area contributed by atoms with Crippen molar-refractivity contribution in [1.29, 1.82) is 0 Å². The molecule has 3 nitrogen and oxygen atoms in total. The molecule has 0 aromatic heterocycles. The number of anilines is 1. The van der Waals surface area contributed by atoms with E-state index >= 15 is 0 Å². The van der Waals surface area contributed by atoms with E-state index in [4.69, 9.17) is 0 Å². The van der Waals surface area contributed by atoms with Crippen molar-refractivity contribution in [2.45, 2.75) is 62.8 Å². The average Bonchev–Trinajstić information content (AvgIpc) is 2.65. The predicted octanol–water partition coefficient (Wildman–Crippen LogP) is 4.25. The minimum atomic E-state index is -3.10. The first-order valence-electron chi connectivity index (χ1n) is 8.05. The van der Waals surface area contributed by atoms with E-state index in [0.29, 0.717) is 10.9 Å². The van der Waals surface area contributed by atoms with Gasteiger partial charge in [-0.2, -0.15) is 0 Å². The van der Waals surface area contributed by atoms with Crippen LogP contribution < -0.4 is 5.32 Å². The summed E-state index contributed by atoms with van der Waals surface area (Å²) in [6.45, 7) is 2.27. The van der Waals surface area contributed by atoms with Crippen LogP contribution in [0, 0.1) is 5.92 Å². The fraction of sp³-hybridized carbons (Fsp3) is 0.647. The lowest BCUT2D eigenvalue weighted by Crippen LogP contribution is -2.18. The molecule has 1 saturated carbocycles. The zero-order chi connectivity index (χ0) is 15.3. The Morgan fingerprint density at radius 3 is 2.43 bits per heavy atom. The van der Waals surface area contributed by atoms with Crippen molar-refractivity contribution in [3.8, 4) is 0 Å². The van der Waals surface area contributed by atoms with Gasteiger partial charge in [-0.3, -0.25) is 0 Å². The largest absolute Gasteiger partial charge is 0.382 e. The second-order valence-electron chi connectivity index (χ2n) is 6.30. The van der Waals surface area contributed by atoms with Gasteiger partial charge in [0.1, 0.15) is 0 Å². The van der Waals surface area contributed by atoms with Crippen LogP contribution in [0.4, 0.5) is 5.69 Å². The minimum absolute atomic E-state index is 0.386. The molecule has 2 atom stereocenters. The second kappa shape index (κ2) is 7.30. The number of rotatable bonds is 5. The summed E-state index contributed by atoms with van der Waals surface area (Å²) >= 11 is 0. The summed E-state index contributed by atoms with van der Waals surface area (Å²) < 4.78 is 22.9. The molecule has 0 saturated heterocycles. The highest BCUT2D eigenvalue weighted by Gasteiger charge is 2.18. The molecule has 1 aliphatic carbocycles. The molecule has 0 heterocycles. The van der Waals surface area contributed by atoms with Crippen LogP contribution in [0.25, 0.3) is 0 Å². The Bertz CT molecular complexity index is 536. The van der Waals surface area contributed by atoms with E-state index < -0.39 is 9.84 Å². The maximum atomic E-state index is 11.5. The van der Waals surface area contributed by atoms with Crippen molar-refractivity contribution >= 4 is 15.5 Å². The Morgan fingerprint density at radius 2 is 1.81 bits per heavy atom. The molecule has 2 unspecified atom stereocenters. The van der Waals surface area contributed by atoms with Crippen molar-refractivity contribution < 1.29 is 8.42 Å². The van der Waals surface area contributed by atoms with Crippen molar-refractivity contribution in [2.24, 2.45) is 5.92 Å². The summed E-state index contributed by atoms with van der Waals surface area (Å²) in [6.07, 6.45) is 10.3. The summed E-state index contributed by atoms with van der Waals surface area (Å²) in [5.41, 5.74) is 1.03. The van der Waals surface area contributed by atoms with Gasteiger partial charge in [-0.25, -0.2) is 8.42 Å². The molecule has 0 aliphatic heterocycles. The summed E-state index contributed by atoms with van der Waals surface area (Å²) in [4.78, 5) is 0.386. The number of benzene rings is 1. The van der Waals surface area contributed by atoms with E-state index in [1.807, 2.05) is 12.1 Å². The molecule has 0 spiro atoms. The Morgan fingerprint density at radius 1 is 1.10 bits per heavy atom. The Balaban J connectivity index is 1.92. The zero-order valence-electron chi connectivity index (χ0n) is 13.1. The lowest BCUT2D eigenvalue weighted by atomic mass is 9.95. The second-order valence-corrected chi connectivity index (χ2v) is 8.32. The van der Waals surface area contributed by atoms with Gasteiger partial charge in [-0.1, -0.05) is 32.6 Å². The number of sulfone groups is 1. The molecule has 1 fully saturated rings. The van der Waals surface area contributed by atoms with Gasteiger partial charge in [0.15, 0.2) is 9.84 Å². The van der Waals surface area contributed by atoms with Gasteiger partial charge in [0.25, 0.3) is 0 Å². The number of hydrogen-bond acceptors (Lipinski definition) is 3. The summed E-state index contributed by atoms with van der Waals surface area (Å²) in [7, 11) is -3.10. The van der Waals surface area contributed by atoms with E-state index in [1.54, 1.807) is 12.1 Å². The Labute approximate surface area is 129 Å². The van der Waals surface area contributed by atoms with Crippen LogP contribution in [0.1, 0.15) is 51.9 Å². The van der Waals surface area contributed by atoms with Crippen molar-refractivity contribution in [3.05, 3.63) is 24.3 Å². The third-order valence-corrected chi connectivity index (χ3v) is 5.57. The number of hydrogen-bond donors (Lipinski definition) is 1. The van der Waals surface area contributed by atoms with Crippen LogP contribution in [-0.4, -0.2) is 20.7 Å². The van der Waals surface area contributed by atoms with E-state index in [1.165, 1.54) is 51.2 Å². The molecule has 0 bridgehead atoms. The maximum Gasteiger partial charge on any atom is 0.175 e. The van der Waals surface area contributed by atoms with E-state index in [-0.39, 0.29) is 0 Å². The normalized spacial score (nSPS) is 23.5. The summed E-state index contributed by atoms with van der Waals surface area (Å²) in [6, 6.07) is 7.66. The fourth-order valence-corrected chi connectivity index (χ4v) is 3.88.